The highest BCUT2D eigenvalue weighted by Gasteiger charge is 2.32. The lowest BCUT2D eigenvalue weighted by atomic mass is 10.2. The third-order valence-corrected chi connectivity index (χ3v) is 5.26. The fraction of sp³-hybridized carbons (Fsp3) is 0.611. The summed E-state index contributed by atoms with van der Waals surface area (Å²) in [6.45, 7) is 8.16. The van der Waals surface area contributed by atoms with E-state index in [1.807, 2.05) is 6.92 Å². The molecule has 2 saturated heterocycles. The van der Waals surface area contributed by atoms with E-state index in [1.165, 1.54) is 29.9 Å². The van der Waals surface area contributed by atoms with Crippen LogP contribution in [0.5, 0.6) is 0 Å². The van der Waals surface area contributed by atoms with Gasteiger partial charge in [0.25, 0.3) is 5.91 Å². The van der Waals surface area contributed by atoms with Crippen molar-refractivity contribution in [3.8, 4) is 0 Å². The number of anilines is 1. The van der Waals surface area contributed by atoms with Crippen molar-refractivity contribution in [3.63, 3.8) is 0 Å². The highest BCUT2D eigenvalue weighted by Crippen LogP contribution is 2.09. The van der Waals surface area contributed by atoms with Gasteiger partial charge in [0.15, 0.2) is 6.04 Å². The van der Waals surface area contributed by atoms with Crippen molar-refractivity contribution >= 4 is 11.6 Å². The number of hydrogen-bond donors (Lipinski definition) is 3. The molecule has 0 spiro atoms. The van der Waals surface area contributed by atoms with Gasteiger partial charge in [-0.05, 0) is 44.0 Å². The van der Waals surface area contributed by atoms with Gasteiger partial charge in [0.1, 0.15) is 44.6 Å². The van der Waals surface area contributed by atoms with Crippen LogP contribution in [0.1, 0.15) is 19.8 Å². The van der Waals surface area contributed by atoms with Gasteiger partial charge in [0.2, 0.25) is 0 Å². The molecule has 3 N–H and O–H groups in total. The first-order valence-electron chi connectivity index (χ1n) is 8.98. The Morgan fingerprint density at radius 3 is 2.62 bits per heavy atom. The van der Waals surface area contributed by atoms with Crippen LogP contribution in [0.2, 0.25) is 0 Å². The summed E-state index contributed by atoms with van der Waals surface area (Å²) in [5, 5.41) is 2.88. The molecule has 2 aliphatic heterocycles. The Morgan fingerprint density at radius 2 is 2.00 bits per heavy atom. The number of rotatable bonds is 5. The number of amides is 1. The molecule has 1 aromatic carbocycles. The monoisotopic (exact) mass is 337 g/mol. The second kappa shape index (κ2) is 8.05. The van der Waals surface area contributed by atoms with Crippen LogP contribution in [0.15, 0.2) is 24.3 Å². The number of hydrogen-bond acceptors (Lipinski definition) is 2. The molecular weight excluding hydrogens is 309 g/mol. The van der Waals surface area contributed by atoms with Gasteiger partial charge in [-0.2, -0.15) is 0 Å². The Labute approximate surface area is 142 Å². The van der Waals surface area contributed by atoms with Crippen molar-refractivity contribution in [1.82, 2.24) is 0 Å². The number of nitrogens with one attached hydrogen (secondary N) is 3. The Hall–Kier alpha value is -1.50. The SMILES string of the molecule is C[C@H](C(=O)Nc1ccc(F)cc1)[NH+]1CC[NH+](C[C@@H]2CCCO2)CC1. The largest absolute Gasteiger partial charge is 0.372 e. The molecule has 5 nitrogen and oxygen atoms in total. The molecule has 132 valence electrons. The maximum absolute atomic E-state index is 12.9. The third kappa shape index (κ3) is 4.53. The molecular formula is C18H28FN3O2+2. The summed E-state index contributed by atoms with van der Waals surface area (Å²) < 4.78 is 18.7. The lowest BCUT2D eigenvalue weighted by Gasteiger charge is -2.33. The van der Waals surface area contributed by atoms with E-state index in [2.05, 4.69) is 5.32 Å². The molecule has 2 aliphatic rings. The van der Waals surface area contributed by atoms with Crippen molar-refractivity contribution in [1.29, 1.82) is 0 Å². The summed E-state index contributed by atoms with van der Waals surface area (Å²) >= 11 is 0. The quantitative estimate of drug-likeness (QED) is 0.653. The van der Waals surface area contributed by atoms with E-state index in [0.29, 0.717) is 11.8 Å². The fourth-order valence-electron chi connectivity index (χ4n) is 3.66. The molecule has 2 heterocycles. The number of ether oxygens (including phenoxy) is 1. The zero-order valence-electron chi connectivity index (χ0n) is 14.3. The van der Waals surface area contributed by atoms with Gasteiger partial charge in [-0.25, -0.2) is 4.39 Å². The fourth-order valence-corrected chi connectivity index (χ4v) is 3.66. The molecule has 24 heavy (non-hydrogen) atoms. The maximum Gasteiger partial charge on any atom is 0.282 e. The normalized spacial score (nSPS) is 28.5. The van der Waals surface area contributed by atoms with Gasteiger partial charge < -0.3 is 19.9 Å². The van der Waals surface area contributed by atoms with Gasteiger partial charge in [0, 0.05) is 12.3 Å². The van der Waals surface area contributed by atoms with Crippen LogP contribution in [-0.2, 0) is 9.53 Å². The molecule has 0 unspecified atom stereocenters. The average Bonchev–Trinajstić information content (AvgIpc) is 3.10. The molecule has 1 aromatic rings. The Bertz CT molecular complexity index is 538. The van der Waals surface area contributed by atoms with Gasteiger partial charge in [-0.3, -0.25) is 4.79 Å². The van der Waals surface area contributed by atoms with Gasteiger partial charge >= 0.3 is 0 Å². The van der Waals surface area contributed by atoms with Crippen LogP contribution in [0, 0.1) is 5.82 Å². The van der Waals surface area contributed by atoms with E-state index >= 15 is 0 Å². The highest BCUT2D eigenvalue weighted by molar-refractivity contribution is 5.93. The second-order valence-electron chi connectivity index (χ2n) is 6.97. The van der Waals surface area contributed by atoms with E-state index in [1.54, 1.807) is 17.0 Å². The molecule has 0 saturated carbocycles. The number of benzene rings is 1. The van der Waals surface area contributed by atoms with E-state index in [4.69, 9.17) is 4.74 Å². The molecule has 0 aromatic heterocycles. The standard InChI is InChI=1S/C18H26FN3O2/c1-14(18(23)20-16-6-4-15(19)5-7-16)22-10-8-21(9-11-22)13-17-3-2-12-24-17/h4-7,14,17H,2-3,8-13H2,1H3,(H,20,23)/p+2/t14-,17+/m1/s1. The van der Waals surface area contributed by atoms with Crippen LogP contribution < -0.4 is 15.1 Å². The first kappa shape index (κ1) is 17.3. The first-order chi connectivity index (χ1) is 11.6. The van der Waals surface area contributed by atoms with Crippen molar-refractivity contribution in [2.45, 2.75) is 31.9 Å². The number of halogens is 1. The van der Waals surface area contributed by atoms with E-state index in [-0.39, 0.29) is 17.8 Å². The average molecular weight is 337 g/mol. The Kier molecular flexibility index (Phi) is 5.81. The van der Waals surface area contributed by atoms with Crippen LogP contribution >= 0.6 is 0 Å². The zero-order valence-corrected chi connectivity index (χ0v) is 14.3. The van der Waals surface area contributed by atoms with Gasteiger partial charge in [0.05, 0.1) is 0 Å². The van der Waals surface area contributed by atoms with E-state index < -0.39 is 0 Å². The molecule has 2 fully saturated rings. The van der Waals surface area contributed by atoms with Crippen LogP contribution in [0.4, 0.5) is 10.1 Å². The predicted octanol–water partition coefficient (Wildman–Crippen LogP) is -0.885. The molecule has 2 atom stereocenters. The molecule has 0 aliphatic carbocycles. The van der Waals surface area contributed by atoms with Crippen LogP contribution in [0.3, 0.4) is 0 Å². The minimum absolute atomic E-state index is 0.000755. The summed E-state index contributed by atoms with van der Waals surface area (Å²) in [6.07, 6.45) is 2.81. The Morgan fingerprint density at radius 1 is 1.29 bits per heavy atom. The number of piperazine rings is 1. The van der Waals surface area contributed by atoms with E-state index in [0.717, 1.165) is 39.3 Å². The molecule has 1 amide bonds. The highest BCUT2D eigenvalue weighted by atomic mass is 19.1. The summed E-state index contributed by atoms with van der Waals surface area (Å²) in [5.41, 5.74) is 0.648. The van der Waals surface area contributed by atoms with Crippen molar-refractivity contribution in [2.24, 2.45) is 0 Å². The lowest BCUT2D eigenvalue weighted by molar-refractivity contribution is -1.02. The molecule has 6 heteroatoms. The lowest BCUT2D eigenvalue weighted by Crippen LogP contribution is -3.30. The zero-order chi connectivity index (χ0) is 16.9. The number of carbonyl (C=O) groups is 1. The minimum Gasteiger partial charge on any atom is -0.372 e. The van der Waals surface area contributed by atoms with Gasteiger partial charge in [-0.15, -0.1) is 0 Å². The molecule has 0 radical (unpaired) electrons. The minimum atomic E-state index is -0.294. The Balaban J connectivity index is 1.44. The van der Waals surface area contributed by atoms with Crippen molar-refractivity contribution in [3.05, 3.63) is 30.1 Å². The third-order valence-electron chi connectivity index (χ3n) is 5.26. The van der Waals surface area contributed by atoms with Crippen molar-refractivity contribution in [2.75, 3.05) is 44.6 Å². The first-order valence-corrected chi connectivity index (χ1v) is 8.98. The summed E-state index contributed by atoms with van der Waals surface area (Å²) in [5.74, 6) is -0.295. The second-order valence-corrected chi connectivity index (χ2v) is 6.97. The van der Waals surface area contributed by atoms with E-state index in [9.17, 15) is 9.18 Å². The number of quaternary nitrogens is 2. The smallest absolute Gasteiger partial charge is 0.282 e. The summed E-state index contributed by atoms with van der Waals surface area (Å²) in [4.78, 5) is 15.3. The van der Waals surface area contributed by atoms with Crippen molar-refractivity contribution < 1.29 is 23.7 Å². The maximum atomic E-state index is 12.9. The van der Waals surface area contributed by atoms with Crippen LogP contribution in [0.25, 0.3) is 0 Å². The molecule has 0 bridgehead atoms. The summed E-state index contributed by atoms with van der Waals surface area (Å²) in [7, 11) is 0. The number of carbonyl (C=O) groups excluding carboxylic acids is 1. The molecule has 3 rings (SSSR count). The topological polar surface area (TPSA) is 47.2 Å². The van der Waals surface area contributed by atoms with Crippen LogP contribution in [-0.4, -0.2) is 57.4 Å². The van der Waals surface area contributed by atoms with Gasteiger partial charge in [-0.1, -0.05) is 0 Å². The summed E-state index contributed by atoms with van der Waals surface area (Å²) in [6, 6.07) is 5.82. The predicted molar refractivity (Wildman–Crippen MR) is 89.7 cm³/mol.